The number of hydrogen-bond acceptors (Lipinski definition) is 6. The zero-order valence-corrected chi connectivity index (χ0v) is 19.1. The third-order valence-corrected chi connectivity index (χ3v) is 6.92. The second-order valence-electron chi connectivity index (χ2n) is 7.63. The number of amides is 1. The lowest BCUT2D eigenvalue weighted by Gasteiger charge is -2.13. The van der Waals surface area contributed by atoms with Crippen LogP contribution in [0.4, 0.5) is 10.8 Å². The maximum Gasteiger partial charge on any atom is 0.333 e. The molecule has 164 valence electrons. The summed E-state index contributed by atoms with van der Waals surface area (Å²) in [6.45, 7) is 5.52. The molecular weight excluding hydrogens is 438 g/mol. The molecule has 0 unspecified atom stereocenters. The van der Waals surface area contributed by atoms with E-state index in [1.165, 1.54) is 20.5 Å². The number of benzene rings is 1. The van der Waals surface area contributed by atoms with Crippen LogP contribution in [0.15, 0.2) is 27.8 Å². The second kappa shape index (κ2) is 8.84. The minimum atomic E-state index is -0.518. The zero-order chi connectivity index (χ0) is 22.1. The fourth-order valence-electron chi connectivity index (χ4n) is 3.75. The maximum atomic E-state index is 13.1. The van der Waals surface area contributed by atoms with E-state index in [0.29, 0.717) is 28.4 Å². The van der Waals surface area contributed by atoms with E-state index in [2.05, 4.69) is 15.2 Å². The van der Waals surface area contributed by atoms with Crippen molar-refractivity contribution in [2.45, 2.75) is 46.2 Å². The first-order chi connectivity index (χ1) is 14.9. The maximum absolute atomic E-state index is 13.1. The van der Waals surface area contributed by atoms with E-state index in [-0.39, 0.29) is 23.7 Å². The minimum absolute atomic E-state index is 0.242. The summed E-state index contributed by atoms with van der Waals surface area (Å²) in [7, 11) is 0. The molecule has 1 saturated heterocycles. The second-order valence-corrected chi connectivity index (χ2v) is 9.01. The Morgan fingerprint density at radius 3 is 2.68 bits per heavy atom. The fourth-order valence-corrected chi connectivity index (χ4v) is 5.00. The number of anilines is 2. The first-order valence-corrected chi connectivity index (χ1v) is 11.5. The van der Waals surface area contributed by atoms with E-state index in [1.807, 2.05) is 13.8 Å². The van der Waals surface area contributed by atoms with Gasteiger partial charge in [0.15, 0.2) is 10.8 Å². The summed E-state index contributed by atoms with van der Waals surface area (Å²) in [5.74, 6) is -0.383. The molecule has 2 aromatic heterocycles. The average molecular weight is 462 g/mol. The highest BCUT2D eigenvalue weighted by Gasteiger charge is 2.23. The number of carbonyl (C=O) groups is 1. The molecule has 8 nitrogen and oxygen atoms in total. The number of thiazole rings is 1. The summed E-state index contributed by atoms with van der Waals surface area (Å²) in [6, 6.07) is 5.25. The molecule has 3 heterocycles. The predicted molar refractivity (Wildman–Crippen MR) is 125 cm³/mol. The highest BCUT2D eigenvalue weighted by Crippen LogP contribution is 2.28. The van der Waals surface area contributed by atoms with E-state index in [0.717, 1.165) is 36.6 Å². The average Bonchev–Trinajstić information content (AvgIpc) is 3.42. The van der Waals surface area contributed by atoms with Gasteiger partial charge in [-0.1, -0.05) is 35.9 Å². The molecule has 1 aromatic carbocycles. The Morgan fingerprint density at radius 2 is 1.97 bits per heavy atom. The molecule has 1 aliphatic heterocycles. The number of nitrogens with zero attached hydrogens (tertiary/aromatic N) is 4. The van der Waals surface area contributed by atoms with E-state index < -0.39 is 5.69 Å². The monoisotopic (exact) mass is 461 g/mol. The van der Waals surface area contributed by atoms with Gasteiger partial charge in [0.05, 0.1) is 0 Å². The molecule has 1 aliphatic rings. The van der Waals surface area contributed by atoms with Gasteiger partial charge in [0.1, 0.15) is 11.2 Å². The molecule has 0 bridgehead atoms. The van der Waals surface area contributed by atoms with E-state index in [1.54, 1.807) is 18.2 Å². The van der Waals surface area contributed by atoms with Crippen LogP contribution in [0.5, 0.6) is 0 Å². The van der Waals surface area contributed by atoms with Crippen molar-refractivity contribution in [2.24, 2.45) is 0 Å². The number of nitrogens with one attached hydrogen (secondary N) is 1. The number of hydrogen-bond donors (Lipinski definition) is 1. The van der Waals surface area contributed by atoms with Gasteiger partial charge in [-0.25, -0.2) is 9.78 Å². The van der Waals surface area contributed by atoms with Crippen LogP contribution in [0.1, 0.15) is 31.7 Å². The van der Waals surface area contributed by atoms with Crippen LogP contribution in [0.25, 0.3) is 10.3 Å². The third-order valence-electron chi connectivity index (χ3n) is 5.42. The molecular formula is C21H24ClN5O3S. The van der Waals surface area contributed by atoms with Crippen LogP contribution in [-0.2, 0) is 17.9 Å². The topological polar surface area (TPSA) is 89.2 Å². The summed E-state index contributed by atoms with van der Waals surface area (Å²) in [6.07, 6.45) is 2.78. The molecule has 4 rings (SSSR count). The SMILES string of the molecule is CCCn1c(=O)c2sc(N3CCCC3)nc2n(CC(=O)Nc2cccc(Cl)c2C)c1=O. The van der Waals surface area contributed by atoms with E-state index >= 15 is 0 Å². The number of carbonyl (C=O) groups excluding carboxylic acids is 1. The van der Waals surface area contributed by atoms with Crippen molar-refractivity contribution < 1.29 is 4.79 Å². The lowest BCUT2D eigenvalue weighted by atomic mass is 10.2. The molecule has 3 aromatic rings. The molecule has 0 aliphatic carbocycles. The van der Waals surface area contributed by atoms with Crippen LogP contribution in [-0.4, -0.2) is 33.1 Å². The number of aromatic nitrogens is 3. The summed E-state index contributed by atoms with van der Waals surface area (Å²) >= 11 is 7.43. The van der Waals surface area contributed by atoms with Crippen LogP contribution < -0.4 is 21.5 Å². The quantitative estimate of drug-likeness (QED) is 0.608. The van der Waals surface area contributed by atoms with Gasteiger partial charge in [0.2, 0.25) is 5.91 Å². The lowest BCUT2D eigenvalue weighted by molar-refractivity contribution is -0.116. The summed E-state index contributed by atoms with van der Waals surface area (Å²) in [4.78, 5) is 45.6. The molecule has 1 amide bonds. The Balaban J connectivity index is 1.76. The molecule has 10 heteroatoms. The lowest BCUT2D eigenvalue weighted by Crippen LogP contribution is -2.41. The van der Waals surface area contributed by atoms with Gasteiger partial charge in [0, 0.05) is 30.3 Å². The molecule has 31 heavy (non-hydrogen) atoms. The normalized spacial score (nSPS) is 13.8. The number of rotatable bonds is 6. The van der Waals surface area contributed by atoms with Crippen LogP contribution >= 0.6 is 22.9 Å². The van der Waals surface area contributed by atoms with Crippen molar-refractivity contribution in [3.05, 3.63) is 49.6 Å². The molecule has 1 N–H and O–H groups in total. The summed E-state index contributed by atoms with van der Waals surface area (Å²) in [5.41, 5.74) is 0.741. The fraction of sp³-hybridized carbons (Fsp3) is 0.429. The highest BCUT2D eigenvalue weighted by molar-refractivity contribution is 7.22. The van der Waals surface area contributed by atoms with Crippen molar-refractivity contribution in [1.82, 2.24) is 14.1 Å². The first kappa shape index (κ1) is 21.6. The number of halogens is 1. The van der Waals surface area contributed by atoms with E-state index in [9.17, 15) is 14.4 Å². The van der Waals surface area contributed by atoms with Gasteiger partial charge >= 0.3 is 5.69 Å². The van der Waals surface area contributed by atoms with Gasteiger partial charge in [0.25, 0.3) is 5.56 Å². The van der Waals surface area contributed by atoms with Gasteiger partial charge in [-0.15, -0.1) is 0 Å². The standard InChI is InChI=1S/C21H24ClN5O3S/c1-3-9-26-19(29)17-18(24-20(31-17)25-10-4-5-11-25)27(21(26)30)12-16(28)23-15-8-6-7-14(22)13(15)2/h6-8H,3-5,9-12H2,1-2H3,(H,23,28). The van der Waals surface area contributed by atoms with Gasteiger partial charge < -0.3 is 10.2 Å². The Bertz CT molecular complexity index is 1260. The van der Waals surface area contributed by atoms with Crippen LogP contribution in [0.2, 0.25) is 5.02 Å². The molecule has 0 spiro atoms. The Hall–Kier alpha value is -2.65. The van der Waals surface area contributed by atoms with Gasteiger partial charge in [-0.3, -0.25) is 18.7 Å². The molecule has 0 radical (unpaired) electrons. The minimum Gasteiger partial charge on any atom is -0.348 e. The van der Waals surface area contributed by atoms with E-state index in [4.69, 9.17) is 11.6 Å². The summed E-state index contributed by atoms with van der Waals surface area (Å²) < 4.78 is 2.91. The van der Waals surface area contributed by atoms with Crippen molar-refractivity contribution in [3.63, 3.8) is 0 Å². The van der Waals surface area contributed by atoms with Crippen molar-refractivity contribution in [2.75, 3.05) is 23.3 Å². The van der Waals surface area contributed by atoms with Crippen LogP contribution in [0.3, 0.4) is 0 Å². The predicted octanol–water partition coefficient (Wildman–Crippen LogP) is 3.23. The molecule has 1 fully saturated rings. The first-order valence-electron chi connectivity index (χ1n) is 10.3. The third kappa shape index (κ3) is 4.12. The smallest absolute Gasteiger partial charge is 0.333 e. The Labute approximate surface area is 188 Å². The number of fused-ring (bicyclic) bond motifs is 1. The highest BCUT2D eigenvalue weighted by atomic mass is 35.5. The van der Waals surface area contributed by atoms with Crippen molar-refractivity contribution in [3.8, 4) is 0 Å². The van der Waals surface area contributed by atoms with Gasteiger partial charge in [-0.05, 0) is 43.9 Å². The Morgan fingerprint density at radius 1 is 1.23 bits per heavy atom. The largest absolute Gasteiger partial charge is 0.348 e. The van der Waals surface area contributed by atoms with Crippen LogP contribution in [0, 0.1) is 6.92 Å². The van der Waals surface area contributed by atoms with Crippen molar-refractivity contribution >= 4 is 50.0 Å². The van der Waals surface area contributed by atoms with Crippen molar-refractivity contribution in [1.29, 1.82) is 0 Å². The van der Waals surface area contributed by atoms with Gasteiger partial charge in [-0.2, -0.15) is 0 Å². The Kier molecular flexibility index (Phi) is 6.15. The molecule has 0 saturated carbocycles. The zero-order valence-electron chi connectivity index (χ0n) is 17.5. The molecule has 0 atom stereocenters. The summed E-state index contributed by atoms with van der Waals surface area (Å²) in [5, 5.41) is 4.08.